The summed E-state index contributed by atoms with van der Waals surface area (Å²) >= 11 is 10.7. The summed E-state index contributed by atoms with van der Waals surface area (Å²) in [5.41, 5.74) is 6.96. The van der Waals surface area contributed by atoms with Gasteiger partial charge < -0.3 is 16.0 Å². The van der Waals surface area contributed by atoms with E-state index in [1.54, 1.807) is 19.2 Å². The summed E-state index contributed by atoms with van der Waals surface area (Å²) in [6, 6.07) is 5.04. The number of hydrogen-bond donors (Lipinski definition) is 2. The van der Waals surface area contributed by atoms with E-state index in [4.69, 9.17) is 29.6 Å². The largest absolute Gasteiger partial charge is 0.392 e. The normalized spacial score (nSPS) is 9.82. The number of halogens is 1. The van der Waals surface area contributed by atoms with Crippen LogP contribution >= 0.6 is 23.8 Å². The van der Waals surface area contributed by atoms with Gasteiger partial charge in [0.25, 0.3) is 0 Å². The lowest BCUT2D eigenvalue weighted by molar-refractivity contribution is 0.228. The van der Waals surface area contributed by atoms with Crippen LogP contribution in [-0.2, 0) is 0 Å². The van der Waals surface area contributed by atoms with Crippen molar-refractivity contribution in [2.75, 3.05) is 18.9 Å². The molecule has 0 saturated carbocycles. The van der Waals surface area contributed by atoms with Gasteiger partial charge in [-0.25, -0.2) is 4.79 Å². The first-order valence-electron chi connectivity index (χ1n) is 4.96. The van der Waals surface area contributed by atoms with Crippen LogP contribution in [0.25, 0.3) is 0 Å². The number of hydrogen-bond acceptors (Lipinski definition) is 2. The summed E-state index contributed by atoms with van der Waals surface area (Å²) in [6.45, 7) is 2.13. The molecule has 4 nitrogen and oxygen atoms in total. The molecule has 92 valence electrons. The Morgan fingerprint density at radius 1 is 1.59 bits per heavy atom. The van der Waals surface area contributed by atoms with E-state index < -0.39 is 0 Å². The molecular weight excluding hydrogens is 258 g/mol. The van der Waals surface area contributed by atoms with E-state index in [1.165, 1.54) is 4.90 Å². The highest BCUT2D eigenvalue weighted by Gasteiger charge is 2.09. The Bertz CT molecular complexity index is 450. The van der Waals surface area contributed by atoms with Crippen molar-refractivity contribution in [2.24, 2.45) is 5.73 Å². The number of rotatable bonds is 3. The molecule has 6 heteroatoms. The summed E-state index contributed by atoms with van der Waals surface area (Å²) in [5.74, 6) is 0. The number of nitrogens with zero attached hydrogens (tertiary/aromatic N) is 1. The number of benzene rings is 1. The number of anilines is 1. The molecule has 0 aromatic heterocycles. The summed E-state index contributed by atoms with van der Waals surface area (Å²) in [5, 5.41) is 3.31. The maximum Gasteiger partial charge on any atom is 0.321 e. The van der Waals surface area contributed by atoms with Gasteiger partial charge in [0.1, 0.15) is 0 Å². The minimum atomic E-state index is -0.280. The molecule has 2 amide bonds. The third-order valence-electron chi connectivity index (χ3n) is 2.16. The lowest BCUT2D eigenvalue weighted by atomic mass is 10.2. The highest BCUT2D eigenvalue weighted by Crippen LogP contribution is 2.20. The van der Waals surface area contributed by atoms with Crippen LogP contribution in [0.2, 0.25) is 5.02 Å². The monoisotopic (exact) mass is 271 g/mol. The molecule has 3 N–H and O–H groups in total. The first-order chi connectivity index (χ1) is 7.90. The Kier molecular flexibility index (Phi) is 4.72. The molecule has 0 radical (unpaired) electrons. The number of carbonyl (C=O) groups excluding carboxylic acids is 1. The van der Waals surface area contributed by atoms with E-state index in [1.807, 2.05) is 13.0 Å². The Hall–Kier alpha value is -1.33. The number of amides is 2. The Balaban J connectivity index is 2.67. The number of urea groups is 1. The van der Waals surface area contributed by atoms with Crippen molar-refractivity contribution < 1.29 is 4.79 Å². The predicted octanol–water partition coefficient (Wildman–Crippen LogP) is 2.40. The summed E-state index contributed by atoms with van der Waals surface area (Å²) < 4.78 is 0. The lowest BCUT2D eigenvalue weighted by Crippen LogP contribution is -2.37. The molecule has 1 aromatic rings. The zero-order valence-corrected chi connectivity index (χ0v) is 11.2. The Labute approximate surface area is 111 Å². The summed E-state index contributed by atoms with van der Waals surface area (Å²) in [4.78, 5) is 13.4. The van der Waals surface area contributed by atoms with Crippen molar-refractivity contribution >= 4 is 40.5 Å². The van der Waals surface area contributed by atoms with Gasteiger partial charge in [0.2, 0.25) is 0 Å². The Morgan fingerprint density at radius 3 is 2.76 bits per heavy atom. The fourth-order valence-corrected chi connectivity index (χ4v) is 1.57. The maximum atomic E-state index is 11.7. The number of thiocarbonyl (C=S) groups is 1. The number of nitrogens with one attached hydrogen (secondary N) is 1. The van der Waals surface area contributed by atoms with Crippen molar-refractivity contribution in [3.05, 3.63) is 28.8 Å². The predicted molar refractivity (Wildman–Crippen MR) is 74.6 cm³/mol. The Morgan fingerprint density at radius 2 is 2.24 bits per heavy atom. The molecule has 0 saturated heterocycles. The first kappa shape index (κ1) is 13.7. The number of carbonyl (C=O) groups is 1. The quantitative estimate of drug-likeness (QED) is 0.830. The standard InChI is InChI=1S/C11H14ClN3OS/c1-7-3-4-8(5-9(7)12)14-11(16)15(2)6-10(13)17/h3-5H,6H2,1-2H3,(H2,13,17)(H,14,16). The van der Waals surface area contributed by atoms with Crippen LogP contribution in [-0.4, -0.2) is 29.5 Å². The molecule has 0 spiro atoms. The van der Waals surface area contributed by atoms with Gasteiger partial charge in [-0.3, -0.25) is 0 Å². The van der Waals surface area contributed by atoms with Crippen LogP contribution in [0.4, 0.5) is 10.5 Å². The number of aryl methyl sites for hydroxylation is 1. The van der Waals surface area contributed by atoms with Gasteiger partial charge in [-0.1, -0.05) is 29.9 Å². The highest BCUT2D eigenvalue weighted by atomic mass is 35.5. The lowest BCUT2D eigenvalue weighted by Gasteiger charge is -2.17. The van der Waals surface area contributed by atoms with Crippen molar-refractivity contribution in [2.45, 2.75) is 6.92 Å². The molecule has 0 unspecified atom stereocenters. The van der Waals surface area contributed by atoms with Crippen LogP contribution in [0.15, 0.2) is 18.2 Å². The second-order valence-electron chi connectivity index (χ2n) is 3.72. The zero-order valence-electron chi connectivity index (χ0n) is 9.66. The van der Waals surface area contributed by atoms with Crippen molar-refractivity contribution in [3.8, 4) is 0 Å². The zero-order chi connectivity index (χ0) is 13.0. The average molecular weight is 272 g/mol. The highest BCUT2D eigenvalue weighted by molar-refractivity contribution is 7.80. The van der Waals surface area contributed by atoms with Gasteiger partial charge >= 0.3 is 6.03 Å². The van der Waals surface area contributed by atoms with Gasteiger partial charge in [0.05, 0.1) is 11.5 Å². The minimum absolute atomic E-state index is 0.237. The topological polar surface area (TPSA) is 58.4 Å². The second kappa shape index (κ2) is 5.84. The van der Waals surface area contributed by atoms with Crippen LogP contribution in [0.3, 0.4) is 0 Å². The summed E-state index contributed by atoms with van der Waals surface area (Å²) in [6.07, 6.45) is 0. The van der Waals surface area contributed by atoms with Crippen molar-refractivity contribution in [1.29, 1.82) is 0 Å². The van der Waals surface area contributed by atoms with Gasteiger partial charge in [-0.05, 0) is 24.6 Å². The number of nitrogens with two attached hydrogens (primary N) is 1. The second-order valence-corrected chi connectivity index (χ2v) is 4.65. The third-order valence-corrected chi connectivity index (χ3v) is 2.70. The van der Waals surface area contributed by atoms with E-state index in [0.717, 1.165) is 5.56 Å². The fraction of sp³-hybridized carbons (Fsp3) is 0.273. The molecule has 0 heterocycles. The molecule has 0 aliphatic carbocycles. The van der Waals surface area contributed by atoms with E-state index >= 15 is 0 Å². The minimum Gasteiger partial charge on any atom is -0.392 e. The fourth-order valence-electron chi connectivity index (χ4n) is 1.20. The average Bonchev–Trinajstić information content (AvgIpc) is 2.22. The van der Waals surface area contributed by atoms with Crippen LogP contribution < -0.4 is 11.1 Å². The molecule has 0 atom stereocenters. The smallest absolute Gasteiger partial charge is 0.321 e. The SMILES string of the molecule is Cc1ccc(NC(=O)N(C)CC(N)=S)cc1Cl. The van der Waals surface area contributed by atoms with E-state index in [-0.39, 0.29) is 17.6 Å². The molecule has 0 bridgehead atoms. The first-order valence-corrected chi connectivity index (χ1v) is 5.75. The van der Waals surface area contributed by atoms with Gasteiger partial charge in [-0.2, -0.15) is 0 Å². The molecule has 0 aliphatic heterocycles. The number of likely N-dealkylation sites (N-methyl/N-ethyl adjacent to an activating group) is 1. The van der Waals surface area contributed by atoms with E-state index in [2.05, 4.69) is 5.32 Å². The molecule has 17 heavy (non-hydrogen) atoms. The van der Waals surface area contributed by atoms with Crippen molar-refractivity contribution in [3.63, 3.8) is 0 Å². The van der Waals surface area contributed by atoms with Crippen LogP contribution in [0.1, 0.15) is 5.56 Å². The van der Waals surface area contributed by atoms with E-state index in [0.29, 0.717) is 10.7 Å². The molecule has 0 aliphatic rings. The summed E-state index contributed by atoms with van der Waals surface area (Å²) in [7, 11) is 1.62. The van der Waals surface area contributed by atoms with Gasteiger partial charge in [0.15, 0.2) is 0 Å². The van der Waals surface area contributed by atoms with Gasteiger partial charge in [0, 0.05) is 17.8 Å². The molecule has 1 rings (SSSR count). The molecule has 1 aromatic carbocycles. The molecular formula is C11H14ClN3OS. The van der Waals surface area contributed by atoms with Gasteiger partial charge in [-0.15, -0.1) is 0 Å². The van der Waals surface area contributed by atoms with Crippen molar-refractivity contribution in [1.82, 2.24) is 4.90 Å². The third kappa shape index (κ3) is 4.20. The molecule has 0 fully saturated rings. The van der Waals surface area contributed by atoms with E-state index in [9.17, 15) is 4.79 Å². The van der Waals surface area contributed by atoms with Crippen LogP contribution in [0.5, 0.6) is 0 Å². The maximum absolute atomic E-state index is 11.7. The van der Waals surface area contributed by atoms with Crippen LogP contribution in [0, 0.1) is 6.92 Å².